The number of carbonyl (C=O) groups is 1. The fourth-order valence-electron chi connectivity index (χ4n) is 1.71. The normalized spacial score (nSPS) is 11.9. The highest BCUT2D eigenvalue weighted by atomic mass is 16.5. The van der Waals surface area contributed by atoms with E-state index in [0.29, 0.717) is 17.1 Å². The number of methoxy groups -OCH3 is 1. The Labute approximate surface area is 106 Å². The summed E-state index contributed by atoms with van der Waals surface area (Å²) in [7, 11) is 1.55. The minimum atomic E-state index is -0.115. The minimum Gasteiger partial charge on any atom is -0.493 e. The van der Waals surface area contributed by atoms with E-state index in [4.69, 9.17) is 9.47 Å². The molecule has 0 aliphatic carbocycles. The Morgan fingerprint density at radius 2 is 2.11 bits per heavy atom. The molecule has 1 N–H and O–H groups in total. The lowest BCUT2D eigenvalue weighted by Crippen LogP contribution is -2.04. The molecule has 4 nitrogen and oxygen atoms in total. The number of nitrogens with one attached hydrogen (secondary N) is 1. The summed E-state index contributed by atoms with van der Waals surface area (Å²) in [5, 5.41) is 0. The number of hydrogen-bond acceptors (Lipinski definition) is 3. The van der Waals surface area contributed by atoms with Crippen molar-refractivity contribution in [3.63, 3.8) is 0 Å². The molecule has 2 aromatic rings. The molecular formula is C14H15NO3. The number of H-pyrrole nitrogens is 1. The van der Waals surface area contributed by atoms with E-state index in [2.05, 4.69) is 4.98 Å². The second-order valence-corrected chi connectivity index (χ2v) is 3.91. The monoisotopic (exact) mass is 245 g/mol. The van der Waals surface area contributed by atoms with Gasteiger partial charge in [0.25, 0.3) is 0 Å². The van der Waals surface area contributed by atoms with E-state index < -0.39 is 0 Å². The van der Waals surface area contributed by atoms with Gasteiger partial charge in [0.15, 0.2) is 11.5 Å². The Bertz CT molecular complexity index is 520. The van der Waals surface area contributed by atoms with Crippen molar-refractivity contribution >= 4 is 6.29 Å². The smallest absolute Gasteiger partial charge is 0.162 e. The number of aromatic amines is 1. The molecule has 0 fully saturated rings. The van der Waals surface area contributed by atoms with Gasteiger partial charge >= 0.3 is 0 Å². The summed E-state index contributed by atoms with van der Waals surface area (Å²) in [6.07, 6.45) is 2.51. The van der Waals surface area contributed by atoms with Crippen molar-refractivity contribution in [3.05, 3.63) is 47.8 Å². The SMILES string of the molecule is COc1cc(C=O)ccc1OC(C)c1ccc[nH]1. The summed E-state index contributed by atoms with van der Waals surface area (Å²) in [5.41, 5.74) is 1.54. The van der Waals surface area contributed by atoms with Crippen molar-refractivity contribution in [1.82, 2.24) is 4.98 Å². The Hall–Kier alpha value is -2.23. The van der Waals surface area contributed by atoms with Crippen molar-refractivity contribution in [2.24, 2.45) is 0 Å². The summed E-state index contributed by atoms with van der Waals surface area (Å²) < 4.78 is 11.0. The van der Waals surface area contributed by atoms with Gasteiger partial charge in [-0.05, 0) is 37.3 Å². The van der Waals surface area contributed by atoms with Crippen LogP contribution in [0.1, 0.15) is 29.1 Å². The van der Waals surface area contributed by atoms with Crippen LogP contribution in [0.2, 0.25) is 0 Å². The largest absolute Gasteiger partial charge is 0.493 e. The molecule has 18 heavy (non-hydrogen) atoms. The molecule has 0 saturated heterocycles. The van der Waals surface area contributed by atoms with Gasteiger partial charge in [0.1, 0.15) is 12.4 Å². The van der Waals surface area contributed by atoms with E-state index in [9.17, 15) is 4.79 Å². The molecule has 0 radical (unpaired) electrons. The molecule has 94 valence electrons. The highest BCUT2D eigenvalue weighted by Crippen LogP contribution is 2.31. The third kappa shape index (κ3) is 2.53. The predicted molar refractivity (Wildman–Crippen MR) is 68.2 cm³/mol. The molecule has 2 rings (SSSR count). The molecule has 0 saturated carbocycles. The van der Waals surface area contributed by atoms with Gasteiger partial charge in [0, 0.05) is 11.8 Å². The van der Waals surface area contributed by atoms with Gasteiger partial charge in [-0.15, -0.1) is 0 Å². The molecular weight excluding hydrogens is 230 g/mol. The number of ether oxygens (including phenoxy) is 2. The van der Waals surface area contributed by atoms with Crippen LogP contribution in [0.4, 0.5) is 0 Å². The second-order valence-electron chi connectivity index (χ2n) is 3.91. The molecule has 1 aromatic carbocycles. The van der Waals surface area contributed by atoms with Crippen LogP contribution in [-0.4, -0.2) is 18.4 Å². The molecule has 1 heterocycles. The maximum Gasteiger partial charge on any atom is 0.162 e. The first-order chi connectivity index (χ1) is 8.74. The topological polar surface area (TPSA) is 51.3 Å². The van der Waals surface area contributed by atoms with Crippen LogP contribution in [0.15, 0.2) is 36.5 Å². The molecule has 4 heteroatoms. The Balaban J connectivity index is 2.20. The van der Waals surface area contributed by atoms with Gasteiger partial charge < -0.3 is 14.5 Å². The van der Waals surface area contributed by atoms with Gasteiger partial charge in [-0.25, -0.2) is 0 Å². The van der Waals surface area contributed by atoms with Crippen molar-refractivity contribution < 1.29 is 14.3 Å². The lowest BCUT2D eigenvalue weighted by atomic mass is 10.2. The van der Waals surface area contributed by atoms with Crippen LogP contribution in [0.25, 0.3) is 0 Å². The molecule has 1 unspecified atom stereocenters. The van der Waals surface area contributed by atoms with Crippen LogP contribution < -0.4 is 9.47 Å². The van der Waals surface area contributed by atoms with Gasteiger partial charge in [-0.2, -0.15) is 0 Å². The maximum absolute atomic E-state index is 10.7. The summed E-state index contributed by atoms with van der Waals surface area (Å²) >= 11 is 0. The van der Waals surface area contributed by atoms with E-state index in [1.165, 1.54) is 0 Å². The summed E-state index contributed by atoms with van der Waals surface area (Å²) in [5.74, 6) is 1.17. The lowest BCUT2D eigenvalue weighted by molar-refractivity contribution is 0.112. The maximum atomic E-state index is 10.7. The lowest BCUT2D eigenvalue weighted by Gasteiger charge is -2.16. The predicted octanol–water partition coefficient (Wildman–Crippen LogP) is 2.98. The number of aromatic nitrogens is 1. The minimum absolute atomic E-state index is 0.115. The van der Waals surface area contributed by atoms with Gasteiger partial charge in [0.05, 0.1) is 12.8 Å². The summed E-state index contributed by atoms with van der Waals surface area (Å²) in [6, 6.07) is 8.97. The van der Waals surface area contributed by atoms with Crippen LogP contribution in [0.3, 0.4) is 0 Å². The number of aldehydes is 1. The summed E-state index contributed by atoms with van der Waals surface area (Å²) in [6.45, 7) is 1.94. The van der Waals surface area contributed by atoms with Crippen molar-refractivity contribution in [1.29, 1.82) is 0 Å². The molecule has 0 aliphatic rings. The quantitative estimate of drug-likeness (QED) is 0.824. The number of carbonyl (C=O) groups excluding carboxylic acids is 1. The first-order valence-corrected chi connectivity index (χ1v) is 5.67. The van der Waals surface area contributed by atoms with Crippen LogP contribution in [0, 0.1) is 0 Å². The number of rotatable bonds is 5. The van der Waals surface area contributed by atoms with E-state index in [-0.39, 0.29) is 6.10 Å². The van der Waals surface area contributed by atoms with Gasteiger partial charge in [-0.3, -0.25) is 4.79 Å². The zero-order valence-electron chi connectivity index (χ0n) is 10.3. The zero-order valence-corrected chi connectivity index (χ0v) is 10.3. The highest BCUT2D eigenvalue weighted by molar-refractivity contribution is 5.76. The molecule has 1 aromatic heterocycles. The van der Waals surface area contributed by atoms with Crippen LogP contribution in [0.5, 0.6) is 11.5 Å². The van der Waals surface area contributed by atoms with E-state index in [1.54, 1.807) is 25.3 Å². The average molecular weight is 245 g/mol. The Morgan fingerprint density at radius 1 is 1.28 bits per heavy atom. The van der Waals surface area contributed by atoms with Crippen molar-refractivity contribution in [2.75, 3.05) is 7.11 Å². The number of hydrogen-bond donors (Lipinski definition) is 1. The second kappa shape index (κ2) is 5.40. The fraction of sp³-hybridized carbons (Fsp3) is 0.214. The molecule has 0 aliphatic heterocycles. The number of benzene rings is 1. The standard InChI is InChI=1S/C14H15NO3/c1-10(12-4-3-7-15-12)18-13-6-5-11(9-16)8-14(13)17-2/h3-10,15H,1-2H3. The van der Waals surface area contributed by atoms with Crippen LogP contribution >= 0.6 is 0 Å². The molecule has 1 atom stereocenters. The molecule has 0 bridgehead atoms. The van der Waals surface area contributed by atoms with E-state index in [0.717, 1.165) is 12.0 Å². The van der Waals surface area contributed by atoms with Crippen LogP contribution in [-0.2, 0) is 0 Å². The average Bonchev–Trinajstić information content (AvgIpc) is 2.93. The van der Waals surface area contributed by atoms with E-state index in [1.807, 2.05) is 25.3 Å². The van der Waals surface area contributed by atoms with Crippen molar-refractivity contribution in [3.8, 4) is 11.5 Å². The van der Waals surface area contributed by atoms with E-state index >= 15 is 0 Å². The molecule has 0 spiro atoms. The van der Waals surface area contributed by atoms with Gasteiger partial charge in [0.2, 0.25) is 0 Å². The Kier molecular flexibility index (Phi) is 3.67. The summed E-state index contributed by atoms with van der Waals surface area (Å²) in [4.78, 5) is 13.8. The van der Waals surface area contributed by atoms with Crippen molar-refractivity contribution in [2.45, 2.75) is 13.0 Å². The highest BCUT2D eigenvalue weighted by Gasteiger charge is 2.12. The third-order valence-electron chi connectivity index (χ3n) is 2.69. The Morgan fingerprint density at radius 3 is 2.72 bits per heavy atom. The third-order valence-corrected chi connectivity index (χ3v) is 2.69. The van der Waals surface area contributed by atoms with Gasteiger partial charge in [-0.1, -0.05) is 0 Å². The first kappa shape index (κ1) is 12.2. The fourth-order valence-corrected chi connectivity index (χ4v) is 1.71. The first-order valence-electron chi connectivity index (χ1n) is 5.67. The zero-order chi connectivity index (χ0) is 13.0. The molecule has 0 amide bonds.